The van der Waals surface area contributed by atoms with Gasteiger partial charge in [-0.25, -0.2) is 4.79 Å². The lowest BCUT2D eigenvalue weighted by Crippen LogP contribution is -1.96. The van der Waals surface area contributed by atoms with Crippen LogP contribution < -0.4 is 0 Å². The first kappa shape index (κ1) is 11.2. The summed E-state index contributed by atoms with van der Waals surface area (Å²) in [7, 11) is 1.31. The molecular formula is C10H13ClO3. The van der Waals surface area contributed by atoms with Crippen molar-refractivity contribution in [3.63, 3.8) is 0 Å². The zero-order valence-electron chi connectivity index (χ0n) is 8.41. The molecule has 0 bridgehead atoms. The summed E-state index contributed by atoms with van der Waals surface area (Å²) >= 11 is 5.41. The Morgan fingerprint density at radius 3 is 2.36 bits per heavy atom. The highest BCUT2D eigenvalue weighted by Gasteiger charge is 2.59. The minimum Gasteiger partial charge on any atom is -0.466 e. The molecule has 14 heavy (non-hydrogen) atoms. The lowest BCUT2D eigenvalue weighted by Gasteiger charge is -1.96. The van der Waals surface area contributed by atoms with Crippen molar-refractivity contribution in [3.8, 4) is 0 Å². The Morgan fingerprint density at radius 1 is 1.43 bits per heavy atom. The van der Waals surface area contributed by atoms with Crippen LogP contribution >= 0.6 is 11.6 Å². The quantitative estimate of drug-likeness (QED) is 0.410. The van der Waals surface area contributed by atoms with Crippen molar-refractivity contribution in [3.05, 3.63) is 12.2 Å². The minimum absolute atomic E-state index is 0.0478. The molecule has 0 amide bonds. The Labute approximate surface area is 88.1 Å². The van der Waals surface area contributed by atoms with Gasteiger partial charge in [0.05, 0.1) is 7.11 Å². The third kappa shape index (κ3) is 1.98. The van der Waals surface area contributed by atoms with Crippen molar-refractivity contribution in [1.82, 2.24) is 0 Å². The van der Waals surface area contributed by atoms with Crippen LogP contribution in [-0.2, 0) is 14.3 Å². The molecule has 0 N–H and O–H groups in total. The number of halogens is 1. The molecule has 1 aliphatic carbocycles. The number of methoxy groups -OCH3 is 1. The van der Waals surface area contributed by atoms with E-state index >= 15 is 0 Å². The van der Waals surface area contributed by atoms with Gasteiger partial charge in [0.1, 0.15) is 0 Å². The summed E-state index contributed by atoms with van der Waals surface area (Å²) in [6, 6.07) is 0. The van der Waals surface area contributed by atoms with E-state index in [1.807, 2.05) is 13.8 Å². The van der Waals surface area contributed by atoms with E-state index < -0.39 is 5.97 Å². The highest BCUT2D eigenvalue weighted by molar-refractivity contribution is 6.64. The number of hydrogen-bond donors (Lipinski definition) is 0. The predicted molar refractivity (Wildman–Crippen MR) is 52.8 cm³/mol. The van der Waals surface area contributed by atoms with E-state index in [4.69, 9.17) is 11.6 Å². The highest BCUT2D eigenvalue weighted by Crippen LogP contribution is 2.59. The third-order valence-electron chi connectivity index (χ3n) is 2.80. The fourth-order valence-electron chi connectivity index (χ4n) is 1.72. The molecule has 1 fully saturated rings. The number of esters is 1. The molecule has 0 saturated heterocycles. The van der Waals surface area contributed by atoms with E-state index in [-0.39, 0.29) is 22.5 Å². The highest BCUT2D eigenvalue weighted by atomic mass is 35.5. The predicted octanol–water partition coefficient (Wildman–Crippen LogP) is 1.75. The first-order valence-corrected chi connectivity index (χ1v) is 4.74. The maximum Gasteiger partial charge on any atom is 0.330 e. The molecule has 2 atom stereocenters. The maximum absolute atomic E-state index is 11.0. The zero-order chi connectivity index (χ0) is 10.9. The van der Waals surface area contributed by atoms with Gasteiger partial charge in [-0.3, -0.25) is 4.79 Å². The molecule has 0 aromatic heterocycles. The second kappa shape index (κ2) is 3.73. The van der Waals surface area contributed by atoms with Gasteiger partial charge in [-0.2, -0.15) is 0 Å². The Morgan fingerprint density at radius 2 is 2.00 bits per heavy atom. The number of hydrogen-bond acceptors (Lipinski definition) is 3. The van der Waals surface area contributed by atoms with E-state index in [0.717, 1.165) is 0 Å². The second-order valence-electron chi connectivity index (χ2n) is 4.01. The Bertz CT molecular complexity index is 294. The number of carbonyl (C=O) groups is 2. The van der Waals surface area contributed by atoms with Gasteiger partial charge in [-0.15, -0.1) is 0 Å². The summed E-state index contributed by atoms with van der Waals surface area (Å²) in [4.78, 5) is 21.8. The van der Waals surface area contributed by atoms with Gasteiger partial charge in [0.15, 0.2) is 0 Å². The zero-order valence-corrected chi connectivity index (χ0v) is 9.17. The molecule has 0 aliphatic heterocycles. The fourth-order valence-corrected chi connectivity index (χ4v) is 2.14. The van der Waals surface area contributed by atoms with Crippen LogP contribution in [0.25, 0.3) is 0 Å². The van der Waals surface area contributed by atoms with Crippen molar-refractivity contribution in [2.24, 2.45) is 17.3 Å². The van der Waals surface area contributed by atoms with Gasteiger partial charge in [0.2, 0.25) is 5.24 Å². The topological polar surface area (TPSA) is 43.4 Å². The van der Waals surface area contributed by atoms with Gasteiger partial charge >= 0.3 is 5.97 Å². The summed E-state index contributed by atoms with van der Waals surface area (Å²) in [6.07, 6.45) is 3.03. The third-order valence-corrected chi connectivity index (χ3v) is 3.03. The minimum atomic E-state index is -0.409. The van der Waals surface area contributed by atoms with Crippen LogP contribution in [0.2, 0.25) is 0 Å². The van der Waals surface area contributed by atoms with Gasteiger partial charge < -0.3 is 4.74 Å². The average Bonchev–Trinajstić information content (AvgIpc) is 2.64. The summed E-state index contributed by atoms with van der Waals surface area (Å²) < 4.78 is 4.45. The molecule has 0 spiro atoms. The molecule has 1 saturated carbocycles. The average molecular weight is 217 g/mol. The molecule has 1 rings (SSSR count). The largest absolute Gasteiger partial charge is 0.466 e. The Balaban J connectivity index is 2.61. The van der Waals surface area contributed by atoms with Crippen LogP contribution in [0.1, 0.15) is 13.8 Å². The van der Waals surface area contributed by atoms with Crippen molar-refractivity contribution >= 4 is 22.8 Å². The van der Waals surface area contributed by atoms with Gasteiger partial charge in [0, 0.05) is 12.0 Å². The molecule has 0 aromatic carbocycles. The summed E-state index contributed by atoms with van der Waals surface area (Å²) in [5.41, 5.74) is -0.136. The number of rotatable bonds is 3. The van der Waals surface area contributed by atoms with Crippen molar-refractivity contribution in [2.75, 3.05) is 7.11 Å². The second-order valence-corrected chi connectivity index (χ2v) is 4.38. The number of allylic oxidation sites excluding steroid dienone is 1. The summed E-state index contributed by atoms with van der Waals surface area (Å²) in [6.45, 7) is 3.90. The van der Waals surface area contributed by atoms with Gasteiger partial charge in [0.25, 0.3) is 0 Å². The van der Waals surface area contributed by atoms with Gasteiger partial charge in [-0.1, -0.05) is 19.9 Å². The monoisotopic (exact) mass is 216 g/mol. The Hall–Kier alpha value is -0.830. The molecule has 0 heterocycles. The van der Waals surface area contributed by atoms with E-state index in [0.29, 0.717) is 0 Å². The van der Waals surface area contributed by atoms with Crippen molar-refractivity contribution in [2.45, 2.75) is 13.8 Å². The Kier molecular flexibility index (Phi) is 3.00. The number of carbonyl (C=O) groups excluding carboxylic acids is 2. The lowest BCUT2D eigenvalue weighted by molar-refractivity contribution is -0.134. The van der Waals surface area contributed by atoms with E-state index in [9.17, 15) is 9.59 Å². The molecule has 4 heteroatoms. The standard InChI is InChI=1S/C10H13ClO3/c1-10(2)6(8(10)9(11)13)4-5-7(12)14-3/h4-6,8H,1-3H3/b5-4-. The smallest absolute Gasteiger partial charge is 0.330 e. The molecule has 78 valence electrons. The molecule has 3 nitrogen and oxygen atoms in total. The normalized spacial score (nSPS) is 28.9. The molecule has 0 radical (unpaired) electrons. The number of ether oxygens (including phenoxy) is 1. The first-order chi connectivity index (χ1) is 6.41. The lowest BCUT2D eigenvalue weighted by atomic mass is 10.1. The van der Waals surface area contributed by atoms with Crippen molar-refractivity contribution < 1.29 is 14.3 Å². The molecule has 0 aromatic rings. The van der Waals surface area contributed by atoms with Gasteiger partial charge in [-0.05, 0) is 22.9 Å². The molecule has 2 unspecified atom stereocenters. The van der Waals surface area contributed by atoms with E-state index in [2.05, 4.69) is 4.74 Å². The first-order valence-electron chi connectivity index (χ1n) is 4.36. The van der Waals surface area contributed by atoms with E-state index in [1.165, 1.54) is 13.2 Å². The van der Waals surface area contributed by atoms with Crippen LogP contribution in [0.4, 0.5) is 0 Å². The van der Waals surface area contributed by atoms with Crippen molar-refractivity contribution in [1.29, 1.82) is 0 Å². The van der Waals surface area contributed by atoms with E-state index in [1.54, 1.807) is 6.08 Å². The van der Waals surface area contributed by atoms with Crippen LogP contribution in [0, 0.1) is 17.3 Å². The summed E-state index contributed by atoms with van der Waals surface area (Å²) in [5.74, 6) is -0.537. The molecular weight excluding hydrogens is 204 g/mol. The fraction of sp³-hybridized carbons (Fsp3) is 0.600. The summed E-state index contributed by atoms with van der Waals surface area (Å²) in [5, 5.41) is -0.338. The van der Waals surface area contributed by atoms with Crippen LogP contribution in [0.5, 0.6) is 0 Å². The van der Waals surface area contributed by atoms with Crippen LogP contribution in [0.3, 0.4) is 0 Å². The molecule has 1 aliphatic rings. The maximum atomic E-state index is 11.0. The van der Waals surface area contributed by atoms with Crippen LogP contribution in [-0.4, -0.2) is 18.3 Å². The van der Waals surface area contributed by atoms with Crippen LogP contribution in [0.15, 0.2) is 12.2 Å². The SMILES string of the molecule is COC(=O)/C=C\C1C(C(=O)Cl)C1(C)C.